The van der Waals surface area contributed by atoms with Gasteiger partial charge in [0.15, 0.2) is 0 Å². The van der Waals surface area contributed by atoms with Crippen molar-refractivity contribution in [3.63, 3.8) is 0 Å². The van der Waals surface area contributed by atoms with Gasteiger partial charge < -0.3 is 0 Å². The summed E-state index contributed by atoms with van der Waals surface area (Å²) in [6.07, 6.45) is 11.1. The summed E-state index contributed by atoms with van der Waals surface area (Å²) < 4.78 is 0. The van der Waals surface area contributed by atoms with E-state index in [1.165, 1.54) is 22.3 Å². The molecule has 152 valence electrons. The predicted molar refractivity (Wildman–Crippen MR) is 124 cm³/mol. The fourth-order valence-electron chi connectivity index (χ4n) is 3.77. The van der Waals surface area contributed by atoms with Crippen LogP contribution < -0.4 is 0 Å². The summed E-state index contributed by atoms with van der Waals surface area (Å²) >= 11 is -0.826. The number of allylic oxidation sites excluding steroid dienone is 2. The van der Waals surface area contributed by atoms with Gasteiger partial charge in [-0.25, -0.2) is 12.2 Å². The van der Waals surface area contributed by atoms with E-state index in [0.717, 1.165) is 0 Å². The van der Waals surface area contributed by atoms with E-state index in [0.29, 0.717) is 11.8 Å². The fraction of sp³-hybridized carbons (Fsp3) is 0.385. The Labute approximate surface area is 196 Å². The molecule has 2 aliphatic rings. The Morgan fingerprint density at radius 3 is 1.28 bits per heavy atom. The van der Waals surface area contributed by atoms with Crippen LogP contribution in [0.15, 0.2) is 48.5 Å². The van der Waals surface area contributed by atoms with Gasteiger partial charge in [-0.3, -0.25) is 12.2 Å². The van der Waals surface area contributed by atoms with Crippen LogP contribution in [0, 0.1) is 23.0 Å². The van der Waals surface area contributed by atoms with Gasteiger partial charge in [-0.1, -0.05) is 89.8 Å². The molecule has 0 saturated carbocycles. The average molecular weight is 505 g/mol. The molecular formula is C26H30Cl2Zr. The summed E-state index contributed by atoms with van der Waals surface area (Å²) in [6.45, 7) is 13.6. The first kappa shape index (κ1) is 24.7. The van der Waals surface area contributed by atoms with Crippen molar-refractivity contribution in [3.8, 4) is 0 Å². The van der Waals surface area contributed by atoms with Crippen LogP contribution in [0.25, 0.3) is 12.2 Å². The molecule has 2 atom stereocenters. The zero-order chi connectivity index (χ0) is 21.7. The van der Waals surface area contributed by atoms with Crippen LogP contribution in [0.5, 0.6) is 0 Å². The molecule has 0 aromatic heterocycles. The van der Waals surface area contributed by atoms with Gasteiger partial charge >= 0.3 is 37.9 Å². The van der Waals surface area contributed by atoms with Crippen molar-refractivity contribution in [1.82, 2.24) is 0 Å². The number of halogens is 2. The van der Waals surface area contributed by atoms with E-state index < -0.39 is 20.8 Å². The van der Waals surface area contributed by atoms with E-state index >= 15 is 0 Å². The second-order valence-corrected chi connectivity index (χ2v) is 13.3. The molecule has 0 saturated heterocycles. The average Bonchev–Trinajstić information content (AvgIpc) is 3.26. The van der Waals surface area contributed by atoms with Crippen LogP contribution in [-0.2, 0) is 20.8 Å². The SMILES string of the molecule is CC(C)(C)C1[C-]=Cc2ccccc21.CC(C)(C)C1[C-]=Cc2ccccc21.[Cl][Zr+2][Cl]. The first-order chi connectivity index (χ1) is 13.6. The van der Waals surface area contributed by atoms with Crippen molar-refractivity contribution in [2.24, 2.45) is 10.8 Å². The first-order valence-corrected chi connectivity index (χ1v) is 16.2. The molecule has 2 aliphatic carbocycles. The van der Waals surface area contributed by atoms with Crippen molar-refractivity contribution >= 4 is 29.2 Å². The van der Waals surface area contributed by atoms with E-state index in [-0.39, 0.29) is 10.8 Å². The monoisotopic (exact) mass is 502 g/mol. The standard InChI is InChI=1S/2C13H15.2ClH.Zr/c2*1-13(2,3)12-9-8-10-6-4-5-7-11(10)12;;;/h2*4-8,12H,1-3H3;2*1H;/q2*-1;;;+4/p-2. The molecule has 0 nitrogen and oxygen atoms in total. The van der Waals surface area contributed by atoms with E-state index in [2.05, 4.69) is 114 Å². The molecule has 29 heavy (non-hydrogen) atoms. The summed E-state index contributed by atoms with van der Waals surface area (Å²) in [4.78, 5) is 0. The summed E-state index contributed by atoms with van der Waals surface area (Å²) in [7, 11) is 9.87. The van der Waals surface area contributed by atoms with Crippen molar-refractivity contribution in [2.45, 2.75) is 53.4 Å². The van der Waals surface area contributed by atoms with Crippen molar-refractivity contribution in [3.05, 3.63) is 82.9 Å². The molecule has 4 rings (SSSR count). The number of hydrogen-bond donors (Lipinski definition) is 0. The van der Waals surface area contributed by atoms with Crippen molar-refractivity contribution in [1.29, 1.82) is 0 Å². The third-order valence-corrected chi connectivity index (χ3v) is 5.16. The normalized spacial score (nSPS) is 18.6. The number of fused-ring (bicyclic) bond motifs is 2. The van der Waals surface area contributed by atoms with Gasteiger partial charge in [-0.15, -0.1) is 23.3 Å². The molecule has 0 N–H and O–H groups in total. The van der Waals surface area contributed by atoms with Crippen LogP contribution in [0.4, 0.5) is 0 Å². The Hall–Kier alpha value is -0.617. The Morgan fingerprint density at radius 2 is 0.966 bits per heavy atom. The van der Waals surface area contributed by atoms with Crippen molar-refractivity contribution < 1.29 is 20.8 Å². The molecule has 0 spiro atoms. The molecule has 0 aliphatic heterocycles. The summed E-state index contributed by atoms with van der Waals surface area (Å²) in [5.41, 5.74) is 6.08. The first-order valence-electron chi connectivity index (χ1n) is 9.92. The summed E-state index contributed by atoms with van der Waals surface area (Å²) in [5, 5.41) is 0. The number of hydrogen-bond acceptors (Lipinski definition) is 0. The van der Waals surface area contributed by atoms with Crippen LogP contribution in [-0.4, -0.2) is 0 Å². The van der Waals surface area contributed by atoms with Gasteiger partial charge in [-0.2, -0.15) is 11.1 Å². The predicted octanol–water partition coefficient (Wildman–Crippen LogP) is 8.67. The maximum atomic E-state index is 4.93. The second-order valence-electron chi connectivity index (χ2n) is 9.55. The Bertz CT molecular complexity index is 782. The van der Waals surface area contributed by atoms with Crippen LogP contribution in [0.2, 0.25) is 0 Å². The van der Waals surface area contributed by atoms with E-state index in [4.69, 9.17) is 17.0 Å². The minimum absolute atomic E-state index is 0.281. The number of benzene rings is 2. The van der Waals surface area contributed by atoms with Crippen LogP contribution in [0.1, 0.15) is 75.6 Å². The molecule has 3 heteroatoms. The van der Waals surface area contributed by atoms with E-state index in [9.17, 15) is 0 Å². The molecule has 0 bridgehead atoms. The zero-order valence-electron chi connectivity index (χ0n) is 18.2. The Morgan fingerprint density at radius 1 is 0.655 bits per heavy atom. The minimum atomic E-state index is -0.826. The molecular weight excluding hydrogens is 474 g/mol. The summed E-state index contributed by atoms with van der Waals surface area (Å²) in [5.74, 6) is 0.924. The Kier molecular flexibility index (Phi) is 9.02. The van der Waals surface area contributed by atoms with Gasteiger partial charge in [-0.05, 0) is 10.8 Å². The quantitative estimate of drug-likeness (QED) is 0.315. The summed E-state index contributed by atoms with van der Waals surface area (Å²) in [6, 6.07) is 17.1. The van der Waals surface area contributed by atoms with Gasteiger partial charge in [0, 0.05) is 0 Å². The molecule has 2 aromatic rings. The maximum absolute atomic E-state index is 4.93. The van der Waals surface area contributed by atoms with Crippen molar-refractivity contribution in [2.75, 3.05) is 0 Å². The van der Waals surface area contributed by atoms with Gasteiger partial charge in [0.25, 0.3) is 0 Å². The molecule has 0 fully saturated rings. The van der Waals surface area contributed by atoms with Crippen LogP contribution >= 0.6 is 17.0 Å². The van der Waals surface area contributed by atoms with E-state index in [1.54, 1.807) is 0 Å². The molecule has 2 aromatic carbocycles. The third kappa shape index (κ3) is 6.68. The molecule has 2 unspecified atom stereocenters. The van der Waals surface area contributed by atoms with E-state index in [1.807, 2.05) is 0 Å². The third-order valence-electron chi connectivity index (χ3n) is 5.16. The Balaban J connectivity index is 0.000000183. The molecule has 0 heterocycles. The van der Waals surface area contributed by atoms with Gasteiger partial charge in [0.05, 0.1) is 0 Å². The van der Waals surface area contributed by atoms with Gasteiger partial charge in [0.1, 0.15) is 0 Å². The molecule has 0 amide bonds. The molecule has 0 radical (unpaired) electrons. The zero-order valence-corrected chi connectivity index (χ0v) is 22.2. The fourth-order valence-corrected chi connectivity index (χ4v) is 3.77. The topological polar surface area (TPSA) is 0 Å². The second kappa shape index (κ2) is 10.6. The van der Waals surface area contributed by atoms with Crippen LogP contribution in [0.3, 0.4) is 0 Å². The number of rotatable bonds is 0. The van der Waals surface area contributed by atoms with Gasteiger partial charge in [0.2, 0.25) is 0 Å².